The molecule has 2 aliphatic rings. The summed E-state index contributed by atoms with van der Waals surface area (Å²) in [5, 5.41) is 0. The molecular weight excluding hydrogens is 224 g/mol. The fourth-order valence-electron chi connectivity index (χ4n) is 2.81. The van der Waals surface area contributed by atoms with E-state index in [9.17, 15) is 0 Å². The van der Waals surface area contributed by atoms with E-state index >= 15 is 0 Å². The van der Waals surface area contributed by atoms with E-state index < -0.39 is 0 Å². The number of rotatable bonds is 3. The van der Waals surface area contributed by atoms with E-state index in [4.69, 9.17) is 4.74 Å². The van der Waals surface area contributed by atoms with Crippen LogP contribution in [0.2, 0.25) is 0 Å². The minimum Gasteiger partial charge on any atom is -0.495 e. The largest absolute Gasteiger partial charge is 0.495 e. The maximum absolute atomic E-state index is 5.48. The van der Waals surface area contributed by atoms with Gasteiger partial charge in [-0.25, -0.2) is 0 Å². The van der Waals surface area contributed by atoms with Crippen molar-refractivity contribution in [2.45, 2.75) is 25.8 Å². The molecule has 98 valence electrons. The van der Waals surface area contributed by atoms with Crippen molar-refractivity contribution in [1.29, 1.82) is 0 Å². The first kappa shape index (κ1) is 11.8. The quantitative estimate of drug-likeness (QED) is 0.814. The van der Waals surface area contributed by atoms with Crippen molar-refractivity contribution in [1.82, 2.24) is 4.90 Å². The highest BCUT2D eigenvalue weighted by atomic mass is 16.5. The average molecular weight is 246 g/mol. The van der Waals surface area contributed by atoms with Crippen LogP contribution in [0.5, 0.6) is 5.75 Å². The zero-order valence-electron chi connectivity index (χ0n) is 11.4. The van der Waals surface area contributed by atoms with Crippen LogP contribution in [0, 0.1) is 6.92 Å². The molecule has 0 aromatic heterocycles. The van der Waals surface area contributed by atoms with Crippen molar-refractivity contribution in [3.8, 4) is 5.75 Å². The molecule has 1 aromatic carbocycles. The summed E-state index contributed by atoms with van der Waals surface area (Å²) in [7, 11) is 1.76. The third kappa shape index (κ3) is 2.32. The van der Waals surface area contributed by atoms with E-state index in [2.05, 4.69) is 34.9 Å². The Balaban J connectivity index is 1.72. The van der Waals surface area contributed by atoms with Crippen molar-refractivity contribution < 1.29 is 4.74 Å². The third-order valence-electron chi connectivity index (χ3n) is 4.05. The molecule has 3 rings (SSSR count). The number of aryl methyl sites for hydroxylation is 1. The number of anilines is 1. The minimum absolute atomic E-state index is 0.895. The maximum Gasteiger partial charge on any atom is 0.142 e. The van der Waals surface area contributed by atoms with Crippen LogP contribution in [-0.4, -0.2) is 44.2 Å². The van der Waals surface area contributed by atoms with E-state index in [-0.39, 0.29) is 0 Å². The number of hydrogen-bond donors (Lipinski definition) is 0. The minimum atomic E-state index is 0.895. The lowest BCUT2D eigenvalue weighted by molar-refractivity contribution is 0.247. The Kier molecular flexibility index (Phi) is 3.16. The van der Waals surface area contributed by atoms with E-state index in [0.717, 1.165) is 24.9 Å². The van der Waals surface area contributed by atoms with Crippen LogP contribution in [0.15, 0.2) is 18.2 Å². The first-order chi connectivity index (χ1) is 8.78. The number of benzene rings is 1. The van der Waals surface area contributed by atoms with Gasteiger partial charge in [0, 0.05) is 32.2 Å². The Hall–Kier alpha value is -1.22. The number of hydrogen-bond acceptors (Lipinski definition) is 3. The standard InChI is InChI=1S/C15H22N2O/c1-12-3-6-15(18-2)14(11-12)17-9-7-16(8-10-17)13-4-5-13/h3,6,11,13H,4-5,7-10H2,1-2H3. The van der Waals surface area contributed by atoms with Gasteiger partial charge in [-0.1, -0.05) is 6.07 Å². The Morgan fingerprint density at radius 3 is 2.44 bits per heavy atom. The summed E-state index contributed by atoms with van der Waals surface area (Å²) < 4.78 is 5.48. The highest BCUT2D eigenvalue weighted by Gasteiger charge is 2.31. The predicted molar refractivity (Wildman–Crippen MR) is 74.5 cm³/mol. The Bertz CT molecular complexity index is 421. The van der Waals surface area contributed by atoms with Gasteiger partial charge in [-0.05, 0) is 37.5 Å². The number of piperazine rings is 1. The molecule has 2 fully saturated rings. The molecule has 1 heterocycles. The van der Waals surface area contributed by atoms with Gasteiger partial charge in [0.2, 0.25) is 0 Å². The second-order valence-electron chi connectivity index (χ2n) is 5.43. The molecule has 0 N–H and O–H groups in total. The first-order valence-corrected chi connectivity index (χ1v) is 6.91. The molecule has 0 bridgehead atoms. The van der Waals surface area contributed by atoms with Gasteiger partial charge in [0.05, 0.1) is 12.8 Å². The van der Waals surface area contributed by atoms with Crippen LogP contribution in [0.3, 0.4) is 0 Å². The molecule has 3 nitrogen and oxygen atoms in total. The highest BCUT2D eigenvalue weighted by Crippen LogP contribution is 2.32. The van der Waals surface area contributed by atoms with Crippen LogP contribution >= 0.6 is 0 Å². The van der Waals surface area contributed by atoms with Gasteiger partial charge in [-0.2, -0.15) is 0 Å². The number of nitrogens with zero attached hydrogens (tertiary/aromatic N) is 2. The summed E-state index contributed by atoms with van der Waals surface area (Å²) in [4.78, 5) is 5.10. The third-order valence-corrected chi connectivity index (χ3v) is 4.05. The van der Waals surface area contributed by atoms with Gasteiger partial charge in [0.1, 0.15) is 5.75 Å². The van der Waals surface area contributed by atoms with E-state index in [1.807, 2.05) is 0 Å². The lowest BCUT2D eigenvalue weighted by atomic mass is 10.1. The monoisotopic (exact) mass is 246 g/mol. The van der Waals surface area contributed by atoms with Gasteiger partial charge < -0.3 is 9.64 Å². The fraction of sp³-hybridized carbons (Fsp3) is 0.600. The topological polar surface area (TPSA) is 15.7 Å². The van der Waals surface area contributed by atoms with Crippen molar-refractivity contribution in [3.05, 3.63) is 23.8 Å². The molecule has 1 aliphatic heterocycles. The lowest BCUT2D eigenvalue weighted by Gasteiger charge is -2.36. The predicted octanol–water partition coefficient (Wildman–Crippen LogP) is 2.29. The SMILES string of the molecule is COc1ccc(C)cc1N1CCN(C2CC2)CC1. The Morgan fingerprint density at radius 2 is 1.83 bits per heavy atom. The number of ether oxygens (including phenoxy) is 1. The molecule has 1 saturated carbocycles. The summed E-state index contributed by atoms with van der Waals surface area (Å²) >= 11 is 0. The molecule has 0 radical (unpaired) electrons. The van der Waals surface area contributed by atoms with E-state index in [0.29, 0.717) is 0 Å². The molecule has 0 amide bonds. The van der Waals surface area contributed by atoms with Crippen molar-refractivity contribution in [2.75, 3.05) is 38.2 Å². The van der Waals surface area contributed by atoms with Crippen LogP contribution in [0.1, 0.15) is 18.4 Å². The Labute approximate surface area is 109 Å². The molecule has 0 spiro atoms. The second-order valence-corrected chi connectivity index (χ2v) is 5.43. The zero-order valence-corrected chi connectivity index (χ0v) is 11.4. The van der Waals surface area contributed by atoms with Gasteiger partial charge in [0.25, 0.3) is 0 Å². The molecule has 0 unspecified atom stereocenters. The zero-order chi connectivity index (χ0) is 12.5. The van der Waals surface area contributed by atoms with Gasteiger partial charge in [0.15, 0.2) is 0 Å². The summed E-state index contributed by atoms with van der Waals surface area (Å²) in [5.41, 5.74) is 2.56. The van der Waals surface area contributed by atoms with Crippen molar-refractivity contribution >= 4 is 5.69 Å². The Morgan fingerprint density at radius 1 is 1.11 bits per heavy atom. The molecule has 18 heavy (non-hydrogen) atoms. The van der Waals surface area contributed by atoms with Crippen LogP contribution in [-0.2, 0) is 0 Å². The van der Waals surface area contributed by atoms with Gasteiger partial charge in [-0.3, -0.25) is 4.90 Å². The lowest BCUT2D eigenvalue weighted by Crippen LogP contribution is -2.47. The van der Waals surface area contributed by atoms with Gasteiger partial charge in [-0.15, -0.1) is 0 Å². The fourth-order valence-corrected chi connectivity index (χ4v) is 2.81. The van der Waals surface area contributed by atoms with Crippen molar-refractivity contribution in [2.24, 2.45) is 0 Å². The average Bonchev–Trinajstić information content (AvgIpc) is 3.23. The summed E-state index contributed by atoms with van der Waals surface area (Å²) in [6.45, 7) is 6.78. The number of methoxy groups -OCH3 is 1. The van der Waals surface area contributed by atoms with E-state index in [1.165, 1.54) is 37.2 Å². The molecule has 1 aliphatic carbocycles. The highest BCUT2D eigenvalue weighted by molar-refractivity contribution is 5.60. The van der Waals surface area contributed by atoms with E-state index in [1.54, 1.807) is 7.11 Å². The molecule has 3 heteroatoms. The smallest absolute Gasteiger partial charge is 0.142 e. The van der Waals surface area contributed by atoms with Crippen LogP contribution < -0.4 is 9.64 Å². The molecular formula is C15H22N2O. The molecule has 0 atom stereocenters. The van der Waals surface area contributed by atoms with Gasteiger partial charge >= 0.3 is 0 Å². The first-order valence-electron chi connectivity index (χ1n) is 6.91. The maximum atomic E-state index is 5.48. The summed E-state index contributed by atoms with van der Waals surface area (Å²) in [5.74, 6) is 1.00. The summed E-state index contributed by atoms with van der Waals surface area (Å²) in [6, 6.07) is 7.33. The van der Waals surface area contributed by atoms with Crippen LogP contribution in [0.25, 0.3) is 0 Å². The second kappa shape index (κ2) is 4.81. The summed E-state index contributed by atoms with van der Waals surface area (Å²) in [6.07, 6.45) is 2.82. The molecule has 1 aromatic rings. The normalized spacial score (nSPS) is 21.1. The van der Waals surface area contributed by atoms with Crippen LogP contribution in [0.4, 0.5) is 5.69 Å². The molecule has 1 saturated heterocycles. The van der Waals surface area contributed by atoms with Crippen molar-refractivity contribution in [3.63, 3.8) is 0 Å².